The minimum Gasteiger partial charge on any atom is -0.351 e. The second kappa shape index (κ2) is 9.07. The van der Waals surface area contributed by atoms with E-state index in [0.717, 1.165) is 12.1 Å². The first-order valence-electron chi connectivity index (χ1n) is 9.07. The molecule has 0 radical (unpaired) electrons. The van der Waals surface area contributed by atoms with Crippen LogP contribution in [0.3, 0.4) is 0 Å². The number of nitrogens with one attached hydrogen (secondary N) is 2. The summed E-state index contributed by atoms with van der Waals surface area (Å²) in [6.07, 6.45) is 2.72. The van der Waals surface area contributed by atoms with Gasteiger partial charge in [-0.05, 0) is 24.1 Å². The van der Waals surface area contributed by atoms with E-state index in [0.29, 0.717) is 12.3 Å². The number of benzene rings is 2. The molecule has 1 aliphatic heterocycles. The Morgan fingerprint density at radius 3 is 2.44 bits per heavy atom. The molecular formula is C21H27N2OS+. The minimum absolute atomic E-state index is 0.0823. The van der Waals surface area contributed by atoms with Crippen LogP contribution in [0.4, 0.5) is 0 Å². The fraction of sp³-hybridized carbons (Fsp3) is 0.381. The Hall–Kier alpha value is -1.78. The van der Waals surface area contributed by atoms with Crippen LogP contribution in [-0.4, -0.2) is 24.7 Å². The Labute approximate surface area is 154 Å². The van der Waals surface area contributed by atoms with Crippen molar-refractivity contribution in [3.63, 3.8) is 0 Å². The fourth-order valence-electron chi connectivity index (χ4n) is 3.23. The number of amides is 1. The lowest BCUT2D eigenvalue weighted by atomic mass is 10.1. The molecule has 1 saturated heterocycles. The zero-order valence-corrected chi connectivity index (χ0v) is 15.7. The van der Waals surface area contributed by atoms with E-state index in [1.807, 2.05) is 12.1 Å². The number of rotatable bonds is 7. The quantitative estimate of drug-likeness (QED) is 0.749. The van der Waals surface area contributed by atoms with Gasteiger partial charge in [0, 0.05) is 29.8 Å². The molecule has 0 bridgehead atoms. The third-order valence-corrected chi connectivity index (χ3v) is 5.91. The summed E-state index contributed by atoms with van der Waals surface area (Å²) in [7, 11) is 0. The van der Waals surface area contributed by atoms with E-state index in [1.165, 1.54) is 42.0 Å². The van der Waals surface area contributed by atoms with Crippen LogP contribution in [0.2, 0.25) is 0 Å². The predicted molar refractivity (Wildman–Crippen MR) is 104 cm³/mol. The van der Waals surface area contributed by atoms with Crippen LogP contribution < -0.4 is 10.2 Å². The first-order chi connectivity index (χ1) is 12.2. The standard InChI is InChI=1S/C21H26N2OS/c1-17-6-2-3-7-20(17)25-16-21(24)22-14-18-8-10-19(11-9-18)15-23-12-4-5-13-23/h2-3,6-11H,4-5,12-16H2,1H3,(H,22,24)/p+1. The van der Waals surface area contributed by atoms with E-state index in [2.05, 4.69) is 48.6 Å². The molecule has 3 nitrogen and oxygen atoms in total. The van der Waals surface area contributed by atoms with Crippen LogP contribution in [0.15, 0.2) is 53.4 Å². The van der Waals surface area contributed by atoms with Crippen molar-refractivity contribution in [1.82, 2.24) is 5.32 Å². The van der Waals surface area contributed by atoms with E-state index >= 15 is 0 Å². The third-order valence-electron chi connectivity index (χ3n) is 4.73. The molecule has 0 aromatic heterocycles. The number of aryl methyl sites for hydroxylation is 1. The monoisotopic (exact) mass is 355 g/mol. The molecule has 4 heteroatoms. The van der Waals surface area contributed by atoms with Gasteiger partial charge in [0.25, 0.3) is 0 Å². The van der Waals surface area contributed by atoms with Crippen molar-refractivity contribution in [2.24, 2.45) is 0 Å². The highest BCUT2D eigenvalue weighted by Crippen LogP contribution is 2.21. The molecule has 1 heterocycles. The Morgan fingerprint density at radius 2 is 1.72 bits per heavy atom. The van der Waals surface area contributed by atoms with Gasteiger partial charge in [0.05, 0.1) is 18.8 Å². The van der Waals surface area contributed by atoms with E-state index in [4.69, 9.17) is 0 Å². The molecule has 1 aliphatic rings. The number of likely N-dealkylation sites (tertiary alicyclic amines) is 1. The summed E-state index contributed by atoms with van der Waals surface area (Å²) in [6, 6.07) is 16.9. The van der Waals surface area contributed by atoms with E-state index in [-0.39, 0.29) is 5.91 Å². The Bertz CT molecular complexity index is 693. The molecule has 132 valence electrons. The van der Waals surface area contributed by atoms with Crippen LogP contribution in [0.1, 0.15) is 29.5 Å². The van der Waals surface area contributed by atoms with Crippen molar-refractivity contribution in [2.75, 3.05) is 18.8 Å². The van der Waals surface area contributed by atoms with Gasteiger partial charge in [0.15, 0.2) is 0 Å². The second-order valence-corrected chi connectivity index (χ2v) is 7.80. The molecule has 0 unspecified atom stereocenters. The van der Waals surface area contributed by atoms with Gasteiger partial charge >= 0.3 is 0 Å². The lowest BCUT2D eigenvalue weighted by molar-refractivity contribution is -0.901. The smallest absolute Gasteiger partial charge is 0.230 e. The summed E-state index contributed by atoms with van der Waals surface area (Å²) in [4.78, 5) is 14.9. The number of carbonyl (C=O) groups excluding carboxylic acids is 1. The first-order valence-corrected chi connectivity index (χ1v) is 10.1. The van der Waals surface area contributed by atoms with E-state index < -0.39 is 0 Å². The zero-order chi connectivity index (χ0) is 17.5. The molecular weight excluding hydrogens is 328 g/mol. The maximum atomic E-state index is 12.1. The topological polar surface area (TPSA) is 33.5 Å². The van der Waals surface area contributed by atoms with Gasteiger partial charge < -0.3 is 10.2 Å². The summed E-state index contributed by atoms with van der Waals surface area (Å²) < 4.78 is 0. The third kappa shape index (κ3) is 5.62. The van der Waals surface area contributed by atoms with Crippen LogP contribution in [0.5, 0.6) is 0 Å². The van der Waals surface area contributed by atoms with Crippen molar-refractivity contribution in [2.45, 2.75) is 37.8 Å². The lowest BCUT2D eigenvalue weighted by Gasteiger charge is -2.12. The maximum absolute atomic E-state index is 12.1. The van der Waals surface area contributed by atoms with Gasteiger partial charge in [-0.3, -0.25) is 4.79 Å². The van der Waals surface area contributed by atoms with Crippen molar-refractivity contribution in [1.29, 1.82) is 0 Å². The van der Waals surface area contributed by atoms with Gasteiger partial charge in [-0.15, -0.1) is 11.8 Å². The summed E-state index contributed by atoms with van der Waals surface area (Å²) >= 11 is 1.60. The maximum Gasteiger partial charge on any atom is 0.230 e. The van der Waals surface area contributed by atoms with Crippen LogP contribution >= 0.6 is 11.8 Å². The molecule has 2 N–H and O–H groups in total. The van der Waals surface area contributed by atoms with Gasteiger partial charge in [-0.25, -0.2) is 0 Å². The SMILES string of the molecule is Cc1ccccc1SCC(=O)NCc1ccc(C[NH+]2CCCC2)cc1. The van der Waals surface area contributed by atoms with Gasteiger partial charge in [-0.1, -0.05) is 42.5 Å². The normalized spacial score (nSPS) is 14.6. The summed E-state index contributed by atoms with van der Waals surface area (Å²) in [6.45, 7) is 6.40. The summed E-state index contributed by atoms with van der Waals surface area (Å²) in [5.41, 5.74) is 3.77. The molecule has 1 amide bonds. The molecule has 0 spiro atoms. The molecule has 2 aromatic rings. The van der Waals surface area contributed by atoms with Crippen molar-refractivity contribution in [3.05, 3.63) is 65.2 Å². The highest BCUT2D eigenvalue weighted by molar-refractivity contribution is 8.00. The Morgan fingerprint density at radius 1 is 1.04 bits per heavy atom. The number of hydrogen-bond donors (Lipinski definition) is 2. The molecule has 0 saturated carbocycles. The molecule has 1 fully saturated rings. The van der Waals surface area contributed by atoms with Gasteiger partial charge in [0.1, 0.15) is 6.54 Å². The fourth-order valence-corrected chi connectivity index (χ4v) is 4.09. The first kappa shape index (κ1) is 18.0. The van der Waals surface area contributed by atoms with Crippen molar-refractivity contribution in [3.8, 4) is 0 Å². The number of quaternary nitrogens is 1. The Kier molecular flexibility index (Phi) is 6.54. The zero-order valence-electron chi connectivity index (χ0n) is 14.9. The predicted octanol–water partition coefficient (Wildman–Crippen LogP) is 2.58. The van der Waals surface area contributed by atoms with Crippen LogP contribution in [0, 0.1) is 6.92 Å². The highest BCUT2D eigenvalue weighted by atomic mass is 32.2. The number of thioether (sulfide) groups is 1. The van der Waals surface area contributed by atoms with Gasteiger partial charge in [-0.2, -0.15) is 0 Å². The summed E-state index contributed by atoms with van der Waals surface area (Å²) in [5.74, 6) is 0.542. The number of carbonyl (C=O) groups is 1. The lowest BCUT2D eigenvalue weighted by Crippen LogP contribution is -3.08. The minimum atomic E-state index is 0.0823. The molecule has 3 rings (SSSR count). The summed E-state index contributed by atoms with van der Waals surface area (Å²) in [5, 5.41) is 3.02. The Balaban J connectivity index is 1.41. The largest absolute Gasteiger partial charge is 0.351 e. The average Bonchev–Trinajstić information content (AvgIpc) is 3.13. The molecule has 2 aromatic carbocycles. The van der Waals surface area contributed by atoms with Crippen LogP contribution in [0.25, 0.3) is 0 Å². The van der Waals surface area contributed by atoms with Crippen molar-refractivity contribution >= 4 is 17.7 Å². The van der Waals surface area contributed by atoms with Crippen molar-refractivity contribution < 1.29 is 9.69 Å². The molecule has 0 atom stereocenters. The second-order valence-electron chi connectivity index (χ2n) is 6.78. The highest BCUT2D eigenvalue weighted by Gasteiger charge is 2.15. The van der Waals surface area contributed by atoms with E-state index in [9.17, 15) is 4.79 Å². The van der Waals surface area contributed by atoms with E-state index in [1.54, 1.807) is 16.7 Å². The number of hydrogen-bond acceptors (Lipinski definition) is 2. The van der Waals surface area contributed by atoms with Gasteiger partial charge in [0.2, 0.25) is 5.91 Å². The molecule has 0 aliphatic carbocycles. The average molecular weight is 356 g/mol. The molecule has 25 heavy (non-hydrogen) atoms. The van der Waals surface area contributed by atoms with Crippen LogP contribution in [-0.2, 0) is 17.9 Å².